The van der Waals surface area contributed by atoms with Gasteiger partial charge in [0.25, 0.3) is 0 Å². The zero-order valence-corrected chi connectivity index (χ0v) is 12.1. The van der Waals surface area contributed by atoms with Crippen molar-refractivity contribution >= 4 is 9.84 Å². The molecule has 6 heteroatoms. The average molecular weight is 309 g/mol. The summed E-state index contributed by atoms with van der Waals surface area (Å²) >= 11 is 0. The minimum atomic E-state index is -3.71. The first-order valence-electron chi connectivity index (χ1n) is 6.42. The zero-order chi connectivity index (χ0) is 15.3. The molecule has 0 bridgehead atoms. The molecule has 0 radical (unpaired) electrons. The summed E-state index contributed by atoms with van der Waals surface area (Å²) in [4.78, 5) is -0.305. The topological polar surface area (TPSA) is 69.4 Å². The normalized spacial score (nSPS) is 11.3. The second kappa shape index (κ2) is 6.69. The number of para-hydroxylation sites is 1. The molecule has 0 saturated heterocycles. The van der Waals surface area contributed by atoms with Crippen LogP contribution in [0.15, 0.2) is 53.4 Å². The molecule has 0 aliphatic rings. The summed E-state index contributed by atoms with van der Waals surface area (Å²) in [6.45, 7) is 0.240. The van der Waals surface area contributed by atoms with Gasteiger partial charge in [0.05, 0.1) is 5.75 Å². The van der Waals surface area contributed by atoms with Gasteiger partial charge in [-0.05, 0) is 18.2 Å². The Morgan fingerprint density at radius 3 is 2.43 bits per heavy atom. The minimum Gasteiger partial charge on any atom is -0.492 e. The van der Waals surface area contributed by atoms with E-state index in [1.54, 1.807) is 18.2 Å². The number of halogens is 1. The number of sulfone groups is 1. The van der Waals surface area contributed by atoms with Gasteiger partial charge in [-0.15, -0.1) is 0 Å². The maximum Gasteiger partial charge on any atom is 0.184 e. The fourth-order valence-corrected chi connectivity index (χ4v) is 3.06. The molecule has 0 aliphatic carbocycles. The molecular weight excluding hydrogens is 293 g/mol. The summed E-state index contributed by atoms with van der Waals surface area (Å²) in [6, 6.07) is 12.4. The Kier molecular flexibility index (Phi) is 4.93. The molecule has 0 atom stereocenters. The van der Waals surface area contributed by atoms with E-state index in [1.165, 1.54) is 18.2 Å². The highest BCUT2D eigenvalue weighted by molar-refractivity contribution is 7.91. The van der Waals surface area contributed by atoms with Gasteiger partial charge in [0.15, 0.2) is 9.84 Å². The second-order valence-corrected chi connectivity index (χ2v) is 6.49. The smallest absolute Gasteiger partial charge is 0.184 e. The maximum atomic E-state index is 13.5. The van der Waals surface area contributed by atoms with Crippen LogP contribution in [0, 0.1) is 5.82 Å². The van der Waals surface area contributed by atoms with E-state index in [-0.39, 0.29) is 17.3 Å². The minimum absolute atomic E-state index is 0.0618. The fraction of sp³-hybridized carbons (Fsp3) is 0.200. The Morgan fingerprint density at radius 2 is 1.71 bits per heavy atom. The molecule has 0 fully saturated rings. The third kappa shape index (κ3) is 3.80. The molecule has 0 aromatic heterocycles. The van der Waals surface area contributed by atoms with E-state index in [0.717, 1.165) is 11.6 Å². The Bertz CT molecular complexity index is 716. The predicted octanol–water partition coefficient (Wildman–Crippen LogP) is 2.14. The molecule has 2 N–H and O–H groups in total. The van der Waals surface area contributed by atoms with Gasteiger partial charge >= 0.3 is 0 Å². The van der Waals surface area contributed by atoms with E-state index < -0.39 is 15.7 Å². The number of hydrogen-bond acceptors (Lipinski definition) is 4. The number of nitrogens with two attached hydrogens (primary N) is 1. The molecule has 0 aliphatic heterocycles. The molecule has 0 heterocycles. The molecule has 0 amide bonds. The van der Waals surface area contributed by atoms with Crippen molar-refractivity contribution in [3.05, 3.63) is 59.9 Å². The van der Waals surface area contributed by atoms with Gasteiger partial charge in [0, 0.05) is 12.1 Å². The van der Waals surface area contributed by atoms with Crippen molar-refractivity contribution in [3.8, 4) is 5.75 Å². The number of ether oxygens (including phenoxy) is 1. The molecule has 112 valence electrons. The zero-order valence-electron chi connectivity index (χ0n) is 11.3. The Labute approximate surface area is 123 Å². The molecule has 2 aromatic carbocycles. The highest BCUT2D eigenvalue weighted by Crippen LogP contribution is 2.19. The van der Waals surface area contributed by atoms with Crippen molar-refractivity contribution in [2.24, 2.45) is 5.73 Å². The lowest BCUT2D eigenvalue weighted by molar-refractivity contribution is 0.337. The summed E-state index contributed by atoms with van der Waals surface area (Å²) in [5.41, 5.74) is 6.36. The Balaban J connectivity index is 2.05. The van der Waals surface area contributed by atoms with E-state index in [1.807, 2.05) is 6.07 Å². The monoisotopic (exact) mass is 309 g/mol. The highest BCUT2D eigenvalue weighted by Gasteiger charge is 2.18. The second-order valence-electron chi connectivity index (χ2n) is 4.41. The van der Waals surface area contributed by atoms with E-state index in [9.17, 15) is 12.8 Å². The maximum absolute atomic E-state index is 13.5. The predicted molar refractivity (Wildman–Crippen MR) is 78.3 cm³/mol. The van der Waals surface area contributed by atoms with Crippen molar-refractivity contribution in [1.29, 1.82) is 0 Å². The third-order valence-electron chi connectivity index (χ3n) is 2.97. The van der Waals surface area contributed by atoms with E-state index >= 15 is 0 Å². The van der Waals surface area contributed by atoms with Crippen LogP contribution < -0.4 is 10.5 Å². The van der Waals surface area contributed by atoms with Crippen molar-refractivity contribution in [2.75, 3.05) is 12.4 Å². The Morgan fingerprint density at radius 1 is 1.05 bits per heavy atom. The van der Waals surface area contributed by atoms with Crippen LogP contribution in [-0.2, 0) is 16.4 Å². The Hall–Kier alpha value is -1.92. The van der Waals surface area contributed by atoms with Crippen LogP contribution in [0.5, 0.6) is 5.75 Å². The fourth-order valence-electron chi connectivity index (χ4n) is 1.88. The molecular formula is C15H16FNO3S. The van der Waals surface area contributed by atoms with Crippen LogP contribution in [-0.4, -0.2) is 20.8 Å². The van der Waals surface area contributed by atoms with Crippen LogP contribution in [0.1, 0.15) is 5.56 Å². The number of rotatable bonds is 6. The summed E-state index contributed by atoms with van der Waals surface area (Å²) < 4.78 is 43.1. The molecule has 0 saturated carbocycles. The van der Waals surface area contributed by atoms with Gasteiger partial charge in [0.1, 0.15) is 23.1 Å². The van der Waals surface area contributed by atoms with E-state index in [2.05, 4.69) is 0 Å². The van der Waals surface area contributed by atoms with Crippen LogP contribution in [0.4, 0.5) is 4.39 Å². The first kappa shape index (κ1) is 15.5. The summed E-state index contributed by atoms with van der Waals surface area (Å²) in [5.74, 6) is -0.504. The largest absolute Gasteiger partial charge is 0.492 e. The van der Waals surface area contributed by atoms with E-state index in [0.29, 0.717) is 12.3 Å². The lowest BCUT2D eigenvalue weighted by atomic mass is 10.2. The lowest BCUT2D eigenvalue weighted by Gasteiger charge is -2.10. The van der Waals surface area contributed by atoms with Crippen molar-refractivity contribution in [1.82, 2.24) is 0 Å². The highest BCUT2D eigenvalue weighted by atomic mass is 32.2. The summed E-state index contributed by atoms with van der Waals surface area (Å²) in [6.07, 6.45) is 0. The van der Waals surface area contributed by atoms with Crippen molar-refractivity contribution in [3.63, 3.8) is 0 Å². The number of benzene rings is 2. The van der Waals surface area contributed by atoms with Crippen LogP contribution in [0.2, 0.25) is 0 Å². The third-order valence-corrected chi connectivity index (χ3v) is 4.68. The van der Waals surface area contributed by atoms with Crippen LogP contribution >= 0.6 is 0 Å². The summed E-state index contributed by atoms with van der Waals surface area (Å²) in [7, 11) is -3.71. The van der Waals surface area contributed by atoms with Gasteiger partial charge in [-0.2, -0.15) is 0 Å². The average Bonchev–Trinajstić information content (AvgIpc) is 2.48. The standard InChI is InChI=1S/C15H16FNO3S/c16-13-6-2-4-8-15(13)21(18,19)10-9-20-14-7-3-1-5-12(14)11-17/h1-8H,9-11,17H2. The molecule has 4 nitrogen and oxygen atoms in total. The van der Waals surface area contributed by atoms with Gasteiger partial charge in [0.2, 0.25) is 0 Å². The number of hydrogen-bond donors (Lipinski definition) is 1. The lowest BCUT2D eigenvalue weighted by Crippen LogP contribution is -2.16. The van der Waals surface area contributed by atoms with Gasteiger partial charge in [-0.3, -0.25) is 0 Å². The quantitative estimate of drug-likeness (QED) is 0.887. The molecule has 2 aromatic rings. The summed E-state index contributed by atoms with van der Waals surface area (Å²) in [5, 5.41) is 0. The van der Waals surface area contributed by atoms with Crippen LogP contribution in [0.3, 0.4) is 0 Å². The van der Waals surface area contributed by atoms with Crippen LogP contribution in [0.25, 0.3) is 0 Å². The first-order valence-corrected chi connectivity index (χ1v) is 8.08. The molecule has 21 heavy (non-hydrogen) atoms. The molecule has 2 rings (SSSR count). The SMILES string of the molecule is NCc1ccccc1OCCS(=O)(=O)c1ccccc1F. The van der Waals surface area contributed by atoms with Gasteiger partial charge < -0.3 is 10.5 Å². The van der Waals surface area contributed by atoms with Gasteiger partial charge in [-0.1, -0.05) is 30.3 Å². The molecule has 0 spiro atoms. The van der Waals surface area contributed by atoms with E-state index in [4.69, 9.17) is 10.5 Å². The van der Waals surface area contributed by atoms with Gasteiger partial charge in [-0.25, -0.2) is 12.8 Å². The van der Waals surface area contributed by atoms with Crippen molar-refractivity contribution < 1.29 is 17.5 Å². The van der Waals surface area contributed by atoms with Crippen molar-refractivity contribution in [2.45, 2.75) is 11.4 Å². The molecule has 0 unspecified atom stereocenters. The first-order chi connectivity index (χ1) is 10.0.